The summed E-state index contributed by atoms with van der Waals surface area (Å²) in [5, 5.41) is 11.6. The fourth-order valence-electron chi connectivity index (χ4n) is 1.69. The minimum absolute atomic E-state index is 0.554. The summed E-state index contributed by atoms with van der Waals surface area (Å²) in [6.45, 7) is 2.01. The number of anilines is 2. The van der Waals surface area contributed by atoms with Gasteiger partial charge < -0.3 is 5.32 Å². The molecule has 17 heavy (non-hydrogen) atoms. The minimum Gasteiger partial charge on any atom is -0.306 e. The van der Waals surface area contributed by atoms with Gasteiger partial charge in [0.1, 0.15) is 0 Å². The fourth-order valence-corrected chi connectivity index (χ4v) is 1.69. The lowest BCUT2D eigenvalue weighted by molar-refractivity contribution is 0.770. The van der Waals surface area contributed by atoms with Crippen molar-refractivity contribution in [2.75, 3.05) is 5.32 Å². The molecular weight excluding hydrogens is 216 g/mol. The highest BCUT2D eigenvalue weighted by molar-refractivity contribution is 5.54. The first-order valence-corrected chi connectivity index (χ1v) is 5.31. The highest BCUT2D eigenvalue weighted by atomic mass is 15.4. The zero-order chi connectivity index (χ0) is 11.8. The summed E-state index contributed by atoms with van der Waals surface area (Å²) in [4.78, 5) is 4.41. The van der Waals surface area contributed by atoms with Crippen LogP contribution < -0.4 is 5.32 Å². The van der Waals surface area contributed by atoms with Gasteiger partial charge in [-0.15, -0.1) is 5.10 Å². The molecular formula is C11H12N6. The third-order valence-corrected chi connectivity index (χ3v) is 2.51. The molecule has 0 saturated carbocycles. The zero-order valence-electron chi connectivity index (χ0n) is 9.62. The molecule has 0 aromatic carbocycles. The molecule has 0 aliphatic heterocycles. The number of nitrogens with one attached hydrogen (secondary N) is 1. The molecule has 86 valence electrons. The van der Waals surface area contributed by atoms with Crippen LogP contribution in [-0.4, -0.2) is 24.4 Å². The predicted molar refractivity (Wildman–Crippen MR) is 64.2 cm³/mol. The summed E-state index contributed by atoms with van der Waals surface area (Å²) >= 11 is 0. The third-order valence-electron chi connectivity index (χ3n) is 2.51. The van der Waals surface area contributed by atoms with Crippen LogP contribution >= 0.6 is 0 Å². The van der Waals surface area contributed by atoms with Crippen LogP contribution in [0.5, 0.6) is 0 Å². The van der Waals surface area contributed by atoms with Gasteiger partial charge in [0.25, 0.3) is 0 Å². The molecule has 0 amide bonds. The van der Waals surface area contributed by atoms with Crippen molar-refractivity contribution >= 4 is 17.4 Å². The van der Waals surface area contributed by atoms with Gasteiger partial charge in [0.2, 0.25) is 5.95 Å². The third kappa shape index (κ3) is 1.73. The average molecular weight is 228 g/mol. The molecule has 6 heteroatoms. The SMILES string of the molecule is Cc1cccn2nc(Nc3ccn(C)n3)nc12. The number of aryl methyl sites for hydroxylation is 2. The van der Waals surface area contributed by atoms with E-state index in [1.807, 2.05) is 44.6 Å². The van der Waals surface area contributed by atoms with Gasteiger partial charge in [0.05, 0.1) is 0 Å². The lowest BCUT2D eigenvalue weighted by atomic mass is 10.3. The summed E-state index contributed by atoms with van der Waals surface area (Å²) in [5.74, 6) is 1.29. The Morgan fingerprint density at radius 2 is 2.06 bits per heavy atom. The quantitative estimate of drug-likeness (QED) is 0.722. The Balaban J connectivity index is 1.98. The summed E-state index contributed by atoms with van der Waals surface area (Å²) in [6, 6.07) is 5.83. The Kier molecular flexibility index (Phi) is 2.07. The van der Waals surface area contributed by atoms with Crippen molar-refractivity contribution in [3.05, 3.63) is 36.2 Å². The van der Waals surface area contributed by atoms with Crippen molar-refractivity contribution < 1.29 is 0 Å². The number of hydrogen-bond acceptors (Lipinski definition) is 4. The first-order chi connectivity index (χ1) is 8.22. The standard InChI is InChI=1S/C11H12N6/c1-8-4-3-6-17-10(8)13-11(15-17)12-9-5-7-16(2)14-9/h3-7H,1-2H3,(H,12,14,15). The van der Waals surface area contributed by atoms with E-state index in [1.165, 1.54) is 0 Å². The molecule has 0 bridgehead atoms. The minimum atomic E-state index is 0.554. The van der Waals surface area contributed by atoms with Crippen molar-refractivity contribution in [3.63, 3.8) is 0 Å². The molecule has 0 unspecified atom stereocenters. The van der Waals surface area contributed by atoms with Crippen molar-refractivity contribution in [1.29, 1.82) is 0 Å². The van der Waals surface area contributed by atoms with E-state index in [4.69, 9.17) is 0 Å². The lowest BCUT2D eigenvalue weighted by Crippen LogP contribution is -1.95. The number of aromatic nitrogens is 5. The second kappa shape index (κ2) is 3.58. The van der Waals surface area contributed by atoms with Crippen LogP contribution in [0.25, 0.3) is 5.65 Å². The summed E-state index contributed by atoms with van der Waals surface area (Å²) in [6.07, 6.45) is 3.74. The maximum Gasteiger partial charge on any atom is 0.248 e. The van der Waals surface area contributed by atoms with Crippen LogP contribution in [0, 0.1) is 6.92 Å². The molecule has 3 aromatic rings. The van der Waals surface area contributed by atoms with Crippen molar-refractivity contribution in [2.45, 2.75) is 6.92 Å². The molecule has 0 radical (unpaired) electrons. The van der Waals surface area contributed by atoms with Gasteiger partial charge >= 0.3 is 0 Å². The first-order valence-electron chi connectivity index (χ1n) is 5.31. The molecule has 0 aliphatic carbocycles. The normalized spacial score (nSPS) is 10.9. The van der Waals surface area contributed by atoms with Crippen LogP contribution in [0.4, 0.5) is 11.8 Å². The van der Waals surface area contributed by atoms with Gasteiger partial charge in [-0.1, -0.05) is 6.07 Å². The Morgan fingerprint density at radius 3 is 2.76 bits per heavy atom. The van der Waals surface area contributed by atoms with E-state index in [1.54, 1.807) is 9.20 Å². The molecule has 3 rings (SSSR count). The molecule has 0 fully saturated rings. The highest BCUT2D eigenvalue weighted by Gasteiger charge is 2.06. The van der Waals surface area contributed by atoms with E-state index in [0.717, 1.165) is 17.0 Å². The average Bonchev–Trinajstić information content (AvgIpc) is 2.86. The monoisotopic (exact) mass is 228 g/mol. The van der Waals surface area contributed by atoms with E-state index in [0.29, 0.717) is 5.95 Å². The number of rotatable bonds is 2. The second-order valence-electron chi connectivity index (χ2n) is 3.89. The lowest BCUT2D eigenvalue weighted by Gasteiger charge is -1.93. The number of hydrogen-bond donors (Lipinski definition) is 1. The van der Waals surface area contributed by atoms with Crippen LogP contribution in [0.3, 0.4) is 0 Å². The van der Waals surface area contributed by atoms with Gasteiger partial charge in [-0.3, -0.25) is 4.68 Å². The van der Waals surface area contributed by atoms with Gasteiger partial charge in [-0.05, 0) is 18.6 Å². The molecule has 6 nitrogen and oxygen atoms in total. The van der Waals surface area contributed by atoms with Crippen LogP contribution in [-0.2, 0) is 7.05 Å². The van der Waals surface area contributed by atoms with E-state index in [2.05, 4.69) is 20.5 Å². The van der Waals surface area contributed by atoms with E-state index >= 15 is 0 Å². The van der Waals surface area contributed by atoms with E-state index < -0.39 is 0 Å². The van der Waals surface area contributed by atoms with Gasteiger partial charge in [0.15, 0.2) is 11.5 Å². The highest BCUT2D eigenvalue weighted by Crippen LogP contribution is 2.13. The zero-order valence-corrected chi connectivity index (χ0v) is 9.62. The largest absolute Gasteiger partial charge is 0.306 e. The Labute approximate surface area is 97.9 Å². The molecule has 1 N–H and O–H groups in total. The predicted octanol–water partition coefficient (Wildman–Crippen LogP) is 1.51. The number of fused-ring (bicyclic) bond motifs is 1. The Bertz CT molecular complexity index is 665. The smallest absolute Gasteiger partial charge is 0.248 e. The first kappa shape index (κ1) is 9.83. The maximum atomic E-state index is 4.41. The summed E-state index contributed by atoms with van der Waals surface area (Å²) < 4.78 is 3.48. The topological polar surface area (TPSA) is 60.0 Å². The maximum absolute atomic E-state index is 4.41. The van der Waals surface area contributed by atoms with Crippen molar-refractivity contribution in [3.8, 4) is 0 Å². The molecule has 0 spiro atoms. The number of nitrogens with zero attached hydrogens (tertiary/aromatic N) is 5. The van der Waals surface area contributed by atoms with Crippen LogP contribution in [0.15, 0.2) is 30.6 Å². The molecule has 3 aromatic heterocycles. The number of pyridine rings is 1. The molecule has 0 atom stereocenters. The van der Waals surface area contributed by atoms with Crippen molar-refractivity contribution in [2.24, 2.45) is 7.05 Å². The van der Waals surface area contributed by atoms with Crippen molar-refractivity contribution in [1.82, 2.24) is 24.4 Å². The second-order valence-corrected chi connectivity index (χ2v) is 3.89. The van der Waals surface area contributed by atoms with Crippen LogP contribution in [0.1, 0.15) is 5.56 Å². The van der Waals surface area contributed by atoms with Gasteiger partial charge in [-0.2, -0.15) is 10.1 Å². The molecule has 0 aliphatic rings. The Morgan fingerprint density at radius 1 is 1.18 bits per heavy atom. The van der Waals surface area contributed by atoms with Gasteiger partial charge in [-0.25, -0.2) is 4.52 Å². The summed E-state index contributed by atoms with van der Waals surface area (Å²) in [7, 11) is 1.87. The Hall–Kier alpha value is -2.37. The van der Waals surface area contributed by atoms with E-state index in [-0.39, 0.29) is 0 Å². The summed E-state index contributed by atoms with van der Waals surface area (Å²) in [5.41, 5.74) is 1.94. The molecule has 0 saturated heterocycles. The van der Waals surface area contributed by atoms with Crippen LogP contribution in [0.2, 0.25) is 0 Å². The fraction of sp³-hybridized carbons (Fsp3) is 0.182. The molecule has 3 heterocycles. The van der Waals surface area contributed by atoms with Gasteiger partial charge in [0, 0.05) is 25.5 Å². The van der Waals surface area contributed by atoms with E-state index in [9.17, 15) is 0 Å².